The number of carbonyl (C=O) groups excluding carboxylic acids is 1. The van der Waals surface area contributed by atoms with Crippen LogP contribution >= 0.6 is 11.3 Å². The van der Waals surface area contributed by atoms with Crippen molar-refractivity contribution in [3.63, 3.8) is 0 Å². The maximum atomic E-state index is 11.6. The first-order valence-electron chi connectivity index (χ1n) is 9.57. The van der Waals surface area contributed by atoms with E-state index in [2.05, 4.69) is 20.5 Å². The number of amides is 1. The van der Waals surface area contributed by atoms with E-state index in [1.807, 2.05) is 18.2 Å². The van der Waals surface area contributed by atoms with Gasteiger partial charge in [-0.3, -0.25) is 14.8 Å². The Morgan fingerprint density at radius 1 is 1.34 bits per heavy atom. The van der Waals surface area contributed by atoms with Crippen LogP contribution in [0, 0.1) is 0 Å². The number of H-pyrrole nitrogens is 1. The Morgan fingerprint density at radius 2 is 2.24 bits per heavy atom. The normalized spacial score (nSPS) is 18.8. The van der Waals surface area contributed by atoms with Gasteiger partial charge in [0.15, 0.2) is 11.5 Å². The molecule has 1 saturated heterocycles. The second kappa shape index (κ2) is 7.49. The van der Waals surface area contributed by atoms with E-state index in [4.69, 9.17) is 20.2 Å². The van der Waals surface area contributed by atoms with E-state index in [1.54, 1.807) is 11.3 Å². The van der Waals surface area contributed by atoms with Gasteiger partial charge in [-0.1, -0.05) is 0 Å². The molecule has 9 heteroatoms. The zero-order chi connectivity index (χ0) is 19.8. The van der Waals surface area contributed by atoms with Crippen LogP contribution in [-0.2, 0) is 6.54 Å². The molecule has 2 aromatic heterocycles. The molecule has 1 aromatic carbocycles. The van der Waals surface area contributed by atoms with Gasteiger partial charge < -0.3 is 15.2 Å². The van der Waals surface area contributed by atoms with Gasteiger partial charge in [0.05, 0.1) is 23.1 Å². The van der Waals surface area contributed by atoms with Crippen LogP contribution in [0.15, 0.2) is 29.8 Å². The molecule has 0 saturated carbocycles. The number of likely N-dealkylation sites (tertiary alicyclic amines) is 1. The fourth-order valence-corrected chi connectivity index (χ4v) is 4.82. The molecule has 0 unspecified atom stereocenters. The number of nitrogens with one attached hydrogen (secondary N) is 1. The fraction of sp³-hybridized carbons (Fsp3) is 0.350. The highest BCUT2D eigenvalue weighted by Crippen LogP contribution is 2.37. The molecule has 150 valence electrons. The Hall–Kier alpha value is -2.91. The molecule has 1 atom stereocenters. The number of piperidine rings is 1. The Balaban J connectivity index is 1.28. The lowest BCUT2D eigenvalue weighted by Crippen LogP contribution is -2.34. The molecule has 3 aromatic rings. The number of carbonyl (C=O) groups is 1. The zero-order valence-corrected chi connectivity index (χ0v) is 16.6. The van der Waals surface area contributed by atoms with Gasteiger partial charge in [-0.25, -0.2) is 4.98 Å². The third-order valence-corrected chi connectivity index (χ3v) is 6.35. The van der Waals surface area contributed by atoms with Crippen LogP contribution in [0.25, 0.3) is 10.6 Å². The van der Waals surface area contributed by atoms with Crippen LogP contribution in [0.5, 0.6) is 11.5 Å². The molecular weight excluding hydrogens is 390 g/mol. The molecule has 0 aliphatic carbocycles. The van der Waals surface area contributed by atoms with Crippen molar-refractivity contribution in [3.8, 4) is 22.1 Å². The van der Waals surface area contributed by atoms with Crippen molar-refractivity contribution in [2.24, 2.45) is 5.73 Å². The first-order chi connectivity index (χ1) is 14.2. The number of rotatable bonds is 5. The second-order valence-corrected chi connectivity index (χ2v) is 8.21. The summed E-state index contributed by atoms with van der Waals surface area (Å²) < 4.78 is 10.8. The average molecular weight is 411 g/mol. The molecule has 8 nitrogen and oxygen atoms in total. The van der Waals surface area contributed by atoms with Gasteiger partial charge in [-0.2, -0.15) is 5.10 Å². The minimum Gasteiger partial charge on any atom is -0.454 e. The Labute approximate surface area is 171 Å². The SMILES string of the molecule is NC(=O)c1cn[nH]c1[C@@H]1CCCN(Cc2csc(-c3ccc4c(c3)OCO4)n2)C1. The highest BCUT2D eigenvalue weighted by atomic mass is 32.1. The summed E-state index contributed by atoms with van der Waals surface area (Å²) in [6.07, 6.45) is 3.59. The molecule has 3 N–H and O–H groups in total. The predicted octanol–water partition coefficient (Wildman–Crippen LogP) is 2.74. The fourth-order valence-electron chi connectivity index (χ4n) is 4.01. The molecule has 0 spiro atoms. The number of aromatic amines is 1. The van der Waals surface area contributed by atoms with Crippen LogP contribution in [0.4, 0.5) is 0 Å². The van der Waals surface area contributed by atoms with Gasteiger partial charge in [-0.15, -0.1) is 11.3 Å². The molecule has 4 heterocycles. The van der Waals surface area contributed by atoms with Crippen LogP contribution in [0.3, 0.4) is 0 Å². The van der Waals surface area contributed by atoms with Gasteiger partial charge >= 0.3 is 0 Å². The number of hydrogen-bond acceptors (Lipinski definition) is 7. The Bertz CT molecular complexity index is 1050. The summed E-state index contributed by atoms with van der Waals surface area (Å²) in [5.74, 6) is 1.33. The van der Waals surface area contributed by atoms with Crippen LogP contribution < -0.4 is 15.2 Å². The number of thiazole rings is 1. The van der Waals surface area contributed by atoms with Crippen LogP contribution in [-0.4, -0.2) is 45.9 Å². The number of aromatic nitrogens is 3. The van der Waals surface area contributed by atoms with Crippen molar-refractivity contribution in [2.75, 3.05) is 19.9 Å². The van der Waals surface area contributed by atoms with Crippen molar-refractivity contribution in [3.05, 3.63) is 46.7 Å². The zero-order valence-electron chi connectivity index (χ0n) is 15.8. The van der Waals surface area contributed by atoms with Gasteiger partial charge in [-0.05, 0) is 37.6 Å². The molecule has 29 heavy (non-hydrogen) atoms. The van der Waals surface area contributed by atoms with E-state index in [0.29, 0.717) is 5.56 Å². The minimum atomic E-state index is -0.432. The monoisotopic (exact) mass is 411 g/mol. The lowest BCUT2D eigenvalue weighted by molar-refractivity contribution is 0.0997. The van der Waals surface area contributed by atoms with Gasteiger partial charge in [0.25, 0.3) is 5.91 Å². The lowest BCUT2D eigenvalue weighted by Gasteiger charge is -2.32. The van der Waals surface area contributed by atoms with Gasteiger partial charge in [0, 0.05) is 30.0 Å². The average Bonchev–Trinajstić information content (AvgIpc) is 3.47. The standard InChI is InChI=1S/C20H21N5O3S/c21-19(26)15-7-22-24-18(15)13-2-1-5-25(8-13)9-14-10-29-20(23-14)12-3-4-16-17(6-12)28-11-27-16/h3-4,6-7,10,13H,1-2,5,8-9,11H2,(H2,21,26)(H,22,24)/t13-/m1/s1. The molecule has 2 aliphatic rings. The molecule has 5 rings (SSSR count). The second-order valence-electron chi connectivity index (χ2n) is 7.35. The highest BCUT2D eigenvalue weighted by Gasteiger charge is 2.26. The summed E-state index contributed by atoms with van der Waals surface area (Å²) in [7, 11) is 0. The van der Waals surface area contributed by atoms with E-state index in [-0.39, 0.29) is 12.7 Å². The number of fused-ring (bicyclic) bond motifs is 1. The van der Waals surface area contributed by atoms with E-state index in [9.17, 15) is 4.79 Å². The molecule has 0 bridgehead atoms. The Morgan fingerprint density at radius 3 is 3.14 bits per heavy atom. The van der Waals surface area contributed by atoms with Crippen molar-refractivity contribution in [1.29, 1.82) is 0 Å². The smallest absolute Gasteiger partial charge is 0.252 e. The quantitative estimate of drug-likeness (QED) is 0.669. The largest absolute Gasteiger partial charge is 0.454 e. The number of primary amides is 1. The van der Waals surface area contributed by atoms with Crippen molar-refractivity contribution in [2.45, 2.75) is 25.3 Å². The van der Waals surface area contributed by atoms with Crippen LogP contribution in [0.1, 0.15) is 40.5 Å². The third-order valence-electron chi connectivity index (χ3n) is 5.40. The minimum absolute atomic E-state index is 0.223. The topological polar surface area (TPSA) is 106 Å². The first-order valence-corrected chi connectivity index (χ1v) is 10.4. The maximum Gasteiger partial charge on any atom is 0.252 e. The maximum absolute atomic E-state index is 11.6. The predicted molar refractivity (Wildman–Crippen MR) is 108 cm³/mol. The lowest BCUT2D eigenvalue weighted by atomic mass is 9.92. The summed E-state index contributed by atoms with van der Waals surface area (Å²) in [4.78, 5) is 18.8. The van der Waals surface area contributed by atoms with Crippen LogP contribution in [0.2, 0.25) is 0 Å². The molecular formula is C20H21N5O3S. The number of benzene rings is 1. The van der Waals surface area contributed by atoms with Gasteiger partial charge in [0.2, 0.25) is 6.79 Å². The summed E-state index contributed by atoms with van der Waals surface area (Å²) in [5.41, 5.74) is 8.90. The number of ether oxygens (including phenoxy) is 2. The highest BCUT2D eigenvalue weighted by molar-refractivity contribution is 7.13. The summed E-state index contributed by atoms with van der Waals surface area (Å²) in [6.45, 7) is 2.90. The van der Waals surface area contributed by atoms with Crippen molar-refractivity contribution < 1.29 is 14.3 Å². The first kappa shape index (κ1) is 18.1. The van der Waals surface area contributed by atoms with E-state index < -0.39 is 5.91 Å². The van der Waals surface area contributed by atoms with Gasteiger partial charge in [0.1, 0.15) is 5.01 Å². The van der Waals surface area contributed by atoms with Crippen molar-refractivity contribution >= 4 is 17.2 Å². The summed E-state index contributed by atoms with van der Waals surface area (Å²) in [6, 6.07) is 5.91. The van der Waals surface area contributed by atoms with Crippen molar-refractivity contribution in [1.82, 2.24) is 20.1 Å². The van der Waals surface area contributed by atoms with E-state index >= 15 is 0 Å². The molecule has 2 aliphatic heterocycles. The molecule has 1 amide bonds. The summed E-state index contributed by atoms with van der Waals surface area (Å²) >= 11 is 1.63. The number of hydrogen-bond donors (Lipinski definition) is 2. The third kappa shape index (κ3) is 3.58. The Kier molecular flexibility index (Phi) is 4.69. The summed E-state index contributed by atoms with van der Waals surface area (Å²) in [5, 5.41) is 10.1. The number of nitrogens with zero attached hydrogens (tertiary/aromatic N) is 3. The number of nitrogens with two attached hydrogens (primary N) is 1. The van der Waals surface area contributed by atoms with E-state index in [0.717, 1.165) is 65.9 Å². The molecule has 0 radical (unpaired) electrons. The van der Waals surface area contributed by atoms with E-state index in [1.165, 1.54) is 6.20 Å². The molecule has 1 fully saturated rings.